The summed E-state index contributed by atoms with van der Waals surface area (Å²) >= 11 is 0. The van der Waals surface area contributed by atoms with Gasteiger partial charge in [-0.15, -0.1) is 0 Å². The highest BCUT2D eigenvalue weighted by Crippen LogP contribution is 2.33. The van der Waals surface area contributed by atoms with Crippen molar-refractivity contribution in [3.63, 3.8) is 0 Å². The van der Waals surface area contributed by atoms with E-state index >= 15 is 0 Å². The fourth-order valence-electron chi connectivity index (χ4n) is 2.95. The van der Waals surface area contributed by atoms with E-state index in [1.54, 1.807) is 48.5 Å². The molecule has 2 amide bonds. The maximum Gasteiger partial charge on any atom is 0.260 e. The third-order valence-corrected chi connectivity index (χ3v) is 4.46. The van der Waals surface area contributed by atoms with Crippen molar-refractivity contribution in [2.45, 2.75) is 25.9 Å². The summed E-state index contributed by atoms with van der Waals surface area (Å²) in [6.07, 6.45) is -0.103. The van der Waals surface area contributed by atoms with E-state index in [9.17, 15) is 14.4 Å². The van der Waals surface area contributed by atoms with E-state index in [1.165, 1.54) is 11.8 Å². The van der Waals surface area contributed by atoms with Crippen molar-refractivity contribution in [3.05, 3.63) is 54.1 Å². The van der Waals surface area contributed by atoms with Gasteiger partial charge in [-0.25, -0.2) is 0 Å². The number of amides is 2. The maximum atomic E-state index is 12.7. The van der Waals surface area contributed by atoms with E-state index in [2.05, 4.69) is 0 Å². The molecule has 7 heteroatoms. The molecule has 28 heavy (non-hydrogen) atoms. The highest BCUT2D eigenvalue weighted by molar-refractivity contribution is 5.97. The Labute approximate surface area is 163 Å². The molecule has 0 aliphatic carbocycles. The second kappa shape index (κ2) is 8.56. The number of carbonyl (C=O) groups excluding carboxylic acids is 3. The van der Waals surface area contributed by atoms with E-state index in [0.717, 1.165) is 0 Å². The van der Waals surface area contributed by atoms with Crippen LogP contribution < -0.4 is 20.1 Å². The summed E-state index contributed by atoms with van der Waals surface area (Å²) in [5.74, 6) is 0.370. The normalized spacial score (nSPS) is 15.3. The zero-order valence-corrected chi connectivity index (χ0v) is 15.6. The SMILES string of the molecule is CC(=O)c1ccc(OCCCC(=O)N2C[C@H](C(N)=O)Oc3ccccc32)cc1. The molecule has 2 aromatic rings. The smallest absolute Gasteiger partial charge is 0.260 e. The van der Waals surface area contributed by atoms with Crippen LogP contribution in [0.1, 0.15) is 30.1 Å². The van der Waals surface area contributed by atoms with Crippen molar-refractivity contribution in [3.8, 4) is 11.5 Å². The molecule has 1 heterocycles. The fourth-order valence-corrected chi connectivity index (χ4v) is 2.95. The Balaban J connectivity index is 1.55. The molecule has 146 valence electrons. The van der Waals surface area contributed by atoms with Gasteiger partial charge in [-0.3, -0.25) is 14.4 Å². The number of ether oxygens (including phenoxy) is 2. The van der Waals surface area contributed by atoms with Crippen LogP contribution in [0.25, 0.3) is 0 Å². The molecular formula is C21H22N2O5. The number of fused-ring (bicyclic) bond motifs is 1. The first-order valence-electron chi connectivity index (χ1n) is 9.05. The zero-order chi connectivity index (χ0) is 20.1. The maximum absolute atomic E-state index is 12.7. The van der Waals surface area contributed by atoms with Crippen LogP contribution in [0.4, 0.5) is 5.69 Å². The summed E-state index contributed by atoms with van der Waals surface area (Å²) in [6.45, 7) is 1.96. The van der Waals surface area contributed by atoms with Gasteiger partial charge in [0.2, 0.25) is 5.91 Å². The van der Waals surface area contributed by atoms with E-state index < -0.39 is 12.0 Å². The first-order chi connectivity index (χ1) is 13.5. The van der Waals surface area contributed by atoms with E-state index in [4.69, 9.17) is 15.2 Å². The predicted octanol–water partition coefficient (Wildman–Crippen LogP) is 2.33. The van der Waals surface area contributed by atoms with Gasteiger partial charge >= 0.3 is 0 Å². The molecule has 0 unspecified atom stereocenters. The number of Topliss-reactive ketones (excluding diaryl/α,β-unsaturated/α-hetero) is 1. The van der Waals surface area contributed by atoms with Gasteiger partial charge in [0, 0.05) is 12.0 Å². The number of ketones is 1. The van der Waals surface area contributed by atoms with Gasteiger partial charge in [-0.1, -0.05) is 12.1 Å². The molecule has 0 fully saturated rings. The monoisotopic (exact) mass is 382 g/mol. The molecule has 7 nitrogen and oxygen atoms in total. The first kappa shape index (κ1) is 19.4. The molecule has 0 bridgehead atoms. The lowest BCUT2D eigenvalue weighted by atomic mass is 10.1. The van der Waals surface area contributed by atoms with Gasteiger partial charge in [0.05, 0.1) is 18.8 Å². The number of nitrogens with zero attached hydrogens (tertiary/aromatic N) is 1. The van der Waals surface area contributed by atoms with Crippen LogP contribution in [0.5, 0.6) is 11.5 Å². The lowest BCUT2D eigenvalue weighted by Crippen LogP contribution is -2.49. The summed E-state index contributed by atoms with van der Waals surface area (Å²) in [5.41, 5.74) is 6.61. The van der Waals surface area contributed by atoms with Gasteiger partial charge in [0.15, 0.2) is 11.9 Å². The van der Waals surface area contributed by atoms with Gasteiger partial charge in [-0.05, 0) is 49.7 Å². The van der Waals surface area contributed by atoms with Crippen LogP contribution in [0.15, 0.2) is 48.5 Å². The fraction of sp³-hybridized carbons (Fsp3) is 0.286. The number of hydrogen-bond donors (Lipinski definition) is 1. The number of nitrogens with two attached hydrogens (primary N) is 1. The predicted molar refractivity (Wildman–Crippen MR) is 104 cm³/mol. The minimum absolute atomic E-state index is 0.00259. The van der Waals surface area contributed by atoms with Crippen molar-refractivity contribution >= 4 is 23.3 Å². The second-order valence-corrected chi connectivity index (χ2v) is 6.51. The highest BCUT2D eigenvalue weighted by Gasteiger charge is 2.32. The van der Waals surface area contributed by atoms with Crippen LogP contribution in [0.3, 0.4) is 0 Å². The highest BCUT2D eigenvalue weighted by atomic mass is 16.5. The van der Waals surface area contributed by atoms with Crippen LogP contribution in [0, 0.1) is 0 Å². The number of rotatable bonds is 7. The Morgan fingerprint density at radius 2 is 1.86 bits per heavy atom. The average Bonchev–Trinajstić information content (AvgIpc) is 2.70. The van der Waals surface area contributed by atoms with Crippen LogP contribution in [-0.4, -0.2) is 36.9 Å². The quantitative estimate of drug-likeness (QED) is 0.585. The van der Waals surface area contributed by atoms with Gasteiger partial charge < -0.3 is 20.1 Å². The third kappa shape index (κ3) is 4.49. The van der Waals surface area contributed by atoms with Crippen molar-refractivity contribution in [1.82, 2.24) is 0 Å². The van der Waals surface area contributed by atoms with Crippen molar-refractivity contribution in [2.24, 2.45) is 5.73 Å². The molecule has 0 aromatic heterocycles. The molecule has 2 aromatic carbocycles. The van der Waals surface area contributed by atoms with E-state index in [1.807, 2.05) is 0 Å². The Morgan fingerprint density at radius 3 is 2.54 bits per heavy atom. The lowest BCUT2D eigenvalue weighted by Gasteiger charge is -2.33. The summed E-state index contributed by atoms with van der Waals surface area (Å²) in [7, 11) is 0. The molecule has 2 N–H and O–H groups in total. The molecule has 1 atom stereocenters. The summed E-state index contributed by atoms with van der Waals surface area (Å²) in [6, 6.07) is 13.9. The Morgan fingerprint density at radius 1 is 1.14 bits per heavy atom. The number of para-hydroxylation sites is 2. The van der Waals surface area contributed by atoms with Gasteiger partial charge in [-0.2, -0.15) is 0 Å². The molecular weight excluding hydrogens is 360 g/mol. The van der Waals surface area contributed by atoms with Gasteiger partial charge in [0.25, 0.3) is 5.91 Å². The Kier molecular flexibility index (Phi) is 5.93. The molecule has 0 radical (unpaired) electrons. The molecule has 0 saturated carbocycles. The number of primary amides is 1. The molecule has 0 saturated heterocycles. The minimum atomic E-state index is -0.866. The average molecular weight is 382 g/mol. The van der Waals surface area contributed by atoms with E-state index in [0.29, 0.717) is 35.8 Å². The summed E-state index contributed by atoms with van der Waals surface area (Å²) in [5, 5.41) is 0. The summed E-state index contributed by atoms with van der Waals surface area (Å²) in [4.78, 5) is 37.0. The number of benzene rings is 2. The number of carbonyl (C=O) groups is 3. The van der Waals surface area contributed by atoms with Crippen LogP contribution >= 0.6 is 0 Å². The lowest BCUT2D eigenvalue weighted by molar-refractivity contribution is -0.125. The minimum Gasteiger partial charge on any atom is -0.494 e. The van der Waals surface area contributed by atoms with Crippen LogP contribution in [-0.2, 0) is 9.59 Å². The summed E-state index contributed by atoms with van der Waals surface area (Å²) < 4.78 is 11.2. The third-order valence-electron chi connectivity index (χ3n) is 4.46. The Bertz CT molecular complexity index is 879. The number of anilines is 1. The zero-order valence-electron chi connectivity index (χ0n) is 15.6. The van der Waals surface area contributed by atoms with Crippen molar-refractivity contribution in [2.75, 3.05) is 18.1 Å². The topological polar surface area (TPSA) is 98.9 Å². The Hall–Kier alpha value is -3.35. The molecule has 3 rings (SSSR count). The second-order valence-electron chi connectivity index (χ2n) is 6.51. The number of hydrogen-bond acceptors (Lipinski definition) is 5. The van der Waals surface area contributed by atoms with Gasteiger partial charge in [0.1, 0.15) is 11.5 Å². The van der Waals surface area contributed by atoms with E-state index in [-0.39, 0.29) is 24.7 Å². The molecule has 0 spiro atoms. The first-order valence-corrected chi connectivity index (χ1v) is 9.05. The molecule has 1 aliphatic rings. The molecule has 1 aliphatic heterocycles. The van der Waals surface area contributed by atoms with Crippen molar-refractivity contribution in [1.29, 1.82) is 0 Å². The van der Waals surface area contributed by atoms with Crippen molar-refractivity contribution < 1.29 is 23.9 Å². The van der Waals surface area contributed by atoms with Crippen LogP contribution in [0.2, 0.25) is 0 Å². The standard InChI is InChI=1S/C21H22N2O5/c1-14(24)15-8-10-16(11-9-15)27-12-4-7-20(25)23-13-19(21(22)26)28-18-6-3-2-5-17(18)23/h2-3,5-6,8-11,19H,4,7,12-13H2,1H3,(H2,22,26)/t19-/m1/s1. The largest absolute Gasteiger partial charge is 0.494 e.